The highest BCUT2D eigenvalue weighted by Gasteiger charge is 2.50. The van der Waals surface area contributed by atoms with Crippen LogP contribution in [0.2, 0.25) is 0 Å². The van der Waals surface area contributed by atoms with Crippen LogP contribution in [0.5, 0.6) is 0 Å². The number of carbonyl (C=O) groups excluding carboxylic acids is 2. The summed E-state index contributed by atoms with van der Waals surface area (Å²) in [5.41, 5.74) is 0.481. The van der Waals surface area contributed by atoms with E-state index in [0.717, 1.165) is 15.7 Å². The fourth-order valence-corrected chi connectivity index (χ4v) is 3.34. The van der Waals surface area contributed by atoms with Gasteiger partial charge in [0.15, 0.2) is 0 Å². The van der Waals surface area contributed by atoms with Crippen LogP contribution in [-0.2, 0) is 4.79 Å². The SMILES string of the molecule is O=C1C2C(O)CCCN2C(=O)N1c1cncc2ccccc12. The van der Waals surface area contributed by atoms with Crippen molar-refractivity contribution in [1.29, 1.82) is 0 Å². The minimum Gasteiger partial charge on any atom is -0.390 e. The second kappa shape index (κ2) is 4.78. The number of aliphatic hydroxyl groups is 1. The highest BCUT2D eigenvalue weighted by Crippen LogP contribution is 2.34. The van der Waals surface area contributed by atoms with Gasteiger partial charge in [0, 0.05) is 23.5 Å². The summed E-state index contributed by atoms with van der Waals surface area (Å²) >= 11 is 0. The second-order valence-corrected chi connectivity index (χ2v) is 5.68. The molecule has 0 radical (unpaired) electrons. The third kappa shape index (κ3) is 1.74. The quantitative estimate of drug-likeness (QED) is 0.810. The summed E-state index contributed by atoms with van der Waals surface area (Å²) in [6, 6.07) is 6.36. The van der Waals surface area contributed by atoms with Crippen LogP contribution in [-0.4, -0.2) is 45.6 Å². The molecule has 1 aromatic carbocycles. The highest BCUT2D eigenvalue weighted by molar-refractivity contribution is 6.24. The number of piperidine rings is 1. The third-order valence-electron chi connectivity index (χ3n) is 4.40. The molecular formula is C16H15N3O3. The van der Waals surface area contributed by atoms with Crippen molar-refractivity contribution in [1.82, 2.24) is 9.88 Å². The van der Waals surface area contributed by atoms with E-state index in [1.807, 2.05) is 24.3 Å². The van der Waals surface area contributed by atoms with Gasteiger partial charge in [-0.1, -0.05) is 24.3 Å². The smallest absolute Gasteiger partial charge is 0.332 e. The molecule has 3 heterocycles. The van der Waals surface area contributed by atoms with E-state index in [4.69, 9.17) is 0 Å². The van der Waals surface area contributed by atoms with Gasteiger partial charge in [0.1, 0.15) is 6.04 Å². The molecule has 2 aliphatic rings. The Balaban J connectivity index is 1.85. The number of imide groups is 1. The van der Waals surface area contributed by atoms with Gasteiger partial charge < -0.3 is 10.0 Å². The van der Waals surface area contributed by atoms with Gasteiger partial charge >= 0.3 is 6.03 Å². The number of anilines is 1. The maximum absolute atomic E-state index is 12.7. The molecule has 22 heavy (non-hydrogen) atoms. The maximum atomic E-state index is 12.7. The number of hydrogen-bond donors (Lipinski definition) is 1. The number of pyridine rings is 1. The average Bonchev–Trinajstić information content (AvgIpc) is 2.79. The van der Waals surface area contributed by atoms with Gasteiger partial charge in [-0.25, -0.2) is 9.69 Å². The summed E-state index contributed by atoms with van der Waals surface area (Å²) in [4.78, 5) is 32.1. The molecule has 3 amide bonds. The zero-order valence-electron chi connectivity index (χ0n) is 11.8. The van der Waals surface area contributed by atoms with Crippen LogP contribution < -0.4 is 4.90 Å². The summed E-state index contributed by atoms with van der Waals surface area (Å²) in [7, 11) is 0. The lowest BCUT2D eigenvalue weighted by atomic mass is 10.00. The Bertz CT molecular complexity index is 771. The standard InChI is InChI=1S/C16H15N3O3/c20-13-6-3-7-18-14(13)15(21)19(16(18)22)12-9-17-8-10-4-1-2-5-11(10)12/h1-2,4-5,8-9,13-14,20H,3,6-7H2. The molecule has 2 fully saturated rings. The number of nitrogens with zero attached hydrogens (tertiary/aromatic N) is 3. The van der Waals surface area contributed by atoms with Crippen LogP contribution in [0, 0.1) is 0 Å². The van der Waals surface area contributed by atoms with E-state index in [-0.39, 0.29) is 11.9 Å². The molecule has 2 unspecified atom stereocenters. The lowest BCUT2D eigenvalue weighted by molar-refractivity contribution is -0.124. The van der Waals surface area contributed by atoms with Gasteiger partial charge in [-0.3, -0.25) is 9.78 Å². The van der Waals surface area contributed by atoms with E-state index in [1.54, 1.807) is 6.20 Å². The van der Waals surface area contributed by atoms with Crippen LogP contribution in [0.3, 0.4) is 0 Å². The predicted molar refractivity (Wildman–Crippen MR) is 80.4 cm³/mol. The van der Waals surface area contributed by atoms with Crippen molar-refractivity contribution < 1.29 is 14.7 Å². The first kappa shape index (κ1) is 13.2. The zero-order chi connectivity index (χ0) is 15.3. The topological polar surface area (TPSA) is 73.7 Å². The predicted octanol–water partition coefficient (Wildman–Crippen LogP) is 1.53. The molecule has 0 spiro atoms. The molecule has 0 aliphatic carbocycles. The van der Waals surface area contributed by atoms with Crippen molar-refractivity contribution in [3.05, 3.63) is 36.7 Å². The summed E-state index contributed by atoms with van der Waals surface area (Å²) in [5.74, 6) is -0.365. The Morgan fingerprint density at radius 3 is 2.82 bits per heavy atom. The molecule has 2 saturated heterocycles. The average molecular weight is 297 g/mol. The zero-order valence-corrected chi connectivity index (χ0v) is 11.8. The summed E-state index contributed by atoms with van der Waals surface area (Å²) < 4.78 is 0. The molecule has 0 bridgehead atoms. The van der Waals surface area contributed by atoms with Crippen molar-refractivity contribution in [2.45, 2.75) is 25.0 Å². The van der Waals surface area contributed by atoms with E-state index in [0.29, 0.717) is 25.1 Å². The molecule has 6 nitrogen and oxygen atoms in total. The van der Waals surface area contributed by atoms with Gasteiger partial charge in [-0.2, -0.15) is 0 Å². The van der Waals surface area contributed by atoms with E-state index in [9.17, 15) is 14.7 Å². The normalized spacial score (nSPS) is 25.0. The number of aromatic nitrogens is 1. The van der Waals surface area contributed by atoms with E-state index >= 15 is 0 Å². The van der Waals surface area contributed by atoms with Crippen molar-refractivity contribution >= 4 is 28.4 Å². The summed E-state index contributed by atoms with van der Waals surface area (Å²) in [5, 5.41) is 11.8. The largest absolute Gasteiger partial charge is 0.390 e. The number of aliphatic hydroxyl groups excluding tert-OH is 1. The first-order valence-electron chi connectivity index (χ1n) is 7.34. The molecule has 2 atom stereocenters. The van der Waals surface area contributed by atoms with Crippen LogP contribution >= 0.6 is 0 Å². The number of fused-ring (bicyclic) bond motifs is 2. The number of amides is 3. The first-order chi connectivity index (χ1) is 10.7. The molecule has 1 aromatic heterocycles. The molecule has 0 saturated carbocycles. The molecule has 6 heteroatoms. The Labute approximate surface area is 127 Å². The number of hydrogen-bond acceptors (Lipinski definition) is 4. The van der Waals surface area contributed by atoms with Crippen LogP contribution in [0.25, 0.3) is 10.8 Å². The van der Waals surface area contributed by atoms with E-state index < -0.39 is 12.1 Å². The van der Waals surface area contributed by atoms with Crippen LogP contribution in [0.4, 0.5) is 10.5 Å². The van der Waals surface area contributed by atoms with Gasteiger partial charge in [-0.15, -0.1) is 0 Å². The fraction of sp³-hybridized carbons (Fsp3) is 0.312. The number of carbonyl (C=O) groups is 2. The van der Waals surface area contributed by atoms with E-state index in [2.05, 4.69) is 4.98 Å². The van der Waals surface area contributed by atoms with Crippen LogP contribution in [0.15, 0.2) is 36.7 Å². The molecule has 112 valence electrons. The van der Waals surface area contributed by atoms with Crippen LogP contribution in [0.1, 0.15) is 12.8 Å². The number of benzene rings is 1. The maximum Gasteiger partial charge on any atom is 0.332 e. The van der Waals surface area contributed by atoms with Gasteiger partial charge in [-0.05, 0) is 12.8 Å². The third-order valence-corrected chi connectivity index (χ3v) is 4.40. The summed E-state index contributed by atoms with van der Waals surface area (Å²) in [6.07, 6.45) is 3.69. The molecular weight excluding hydrogens is 282 g/mol. The fourth-order valence-electron chi connectivity index (χ4n) is 3.34. The molecule has 2 aliphatic heterocycles. The molecule has 4 rings (SSSR count). The minimum absolute atomic E-state index is 0.365. The monoisotopic (exact) mass is 297 g/mol. The highest BCUT2D eigenvalue weighted by atomic mass is 16.3. The first-order valence-corrected chi connectivity index (χ1v) is 7.34. The Morgan fingerprint density at radius 2 is 2.00 bits per heavy atom. The second-order valence-electron chi connectivity index (χ2n) is 5.68. The molecule has 2 aromatic rings. The molecule has 1 N–H and O–H groups in total. The lowest BCUT2D eigenvalue weighted by Crippen LogP contribution is -2.48. The van der Waals surface area contributed by atoms with Gasteiger partial charge in [0.2, 0.25) is 0 Å². The minimum atomic E-state index is -0.793. The van der Waals surface area contributed by atoms with E-state index in [1.165, 1.54) is 11.1 Å². The summed E-state index contributed by atoms with van der Waals surface area (Å²) in [6.45, 7) is 0.501. The van der Waals surface area contributed by atoms with Gasteiger partial charge in [0.25, 0.3) is 5.91 Å². The van der Waals surface area contributed by atoms with Crippen molar-refractivity contribution in [2.24, 2.45) is 0 Å². The van der Waals surface area contributed by atoms with Crippen molar-refractivity contribution in [2.75, 3.05) is 11.4 Å². The number of rotatable bonds is 1. The van der Waals surface area contributed by atoms with Crippen molar-refractivity contribution in [3.63, 3.8) is 0 Å². The Morgan fingerprint density at radius 1 is 1.18 bits per heavy atom. The number of urea groups is 1. The lowest BCUT2D eigenvalue weighted by Gasteiger charge is -2.30. The van der Waals surface area contributed by atoms with Crippen molar-refractivity contribution in [3.8, 4) is 0 Å². The Hall–Kier alpha value is -2.47. The Kier molecular flexibility index (Phi) is 2.87. The van der Waals surface area contributed by atoms with Gasteiger partial charge in [0.05, 0.1) is 18.0 Å².